The van der Waals surface area contributed by atoms with E-state index in [4.69, 9.17) is 4.74 Å². The zero-order valence-corrected chi connectivity index (χ0v) is 11.7. The van der Waals surface area contributed by atoms with Crippen LogP contribution in [-0.4, -0.2) is 34.1 Å². The van der Waals surface area contributed by atoms with Gasteiger partial charge in [-0.15, -0.1) is 5.10 Å². The number of H-pyrrole nitrogens is 1. The van der Waals surface area contributed by atoms with Gasteiger partial charge < -0.3 is 10.1 Å². The number of nitrogens with one attached hydrogen (secondary N) is 2. The lowest BCUT2D eigenvalue weighted by Gasteiger charge is -2.32. The Morgan fingerprint density at radius 1 is 1.42 bits per heavy atom. The van der Waals surface area contributed by atoms with Gasteiger partial charge in [0.2, 0.25) is 5.16 Å². The van der Waals surface area contributed by atoms with Crippen LogP contribution >= 0.6 is 11.8 Å². The number of benzene rings is 1. The number of para-hydroxylation sites is 1. The Labute approximate surface area is 116 Å². The molecule has 1 aromatic carbocycles. The summed E-state index contributed by atoms with van der Waals surface area (Å²) in [5, 5.41) is 11.4. The summed E-state index contributed by atoms with van der Waals surface area (Å²) in [4.78, 5) is 4.34. The minimum absolute atomic E-state index is 0.244. The summed E-state index contributed by atoms with van der Waals surface area (Å²) in [6.45, 7) is 2.56. The maximum Gasteiger partial charge on any atom is 0.208 e. The fourth-order valence-corrected chi connectivity index (χ4v) is 3.40. The molecule has 6 heteroatoms. The molecule has 1 aliphatic heterocycles. The van der Waals surface area contributed by atoms with Crippen molar-refractivity contribution in [3.63, 3.8) is 0 Å². The van der Waals surface area contributed by atoms with Gasteiger partial charge in [-0.25, -0.2) is 4.98 Å². The topological polar surface area (TPSA) is 62.8 Å². The van der Waals surface area contributed by atoms with Gasteiger partial charge in [0.15, 0.2) is 0 Å². The summed E-state index contributed by atoms with van der Waals surface area (Å²) in [5.74, 6) is 1.80. The summed E-state index contributed by atoms with van der Waals surface area (Å²) in [6.07, 6.45) is 0. The van der Waals surface area contributed by atoms with Crippen molar-refractivity contribution in [3.8, 4) is 5.75 Å². The first-order valence-corrected chi connectivity index (χ1v) is 7.10. The second-order valence-electron chi connectivity index (χ2n) is 4.47. The second kappa shape index (κ2) is 5.22. The van der Waals surface area contributed by atoms with Crippen LogP contribution in [-0.2, 0) is 0 Å². The van der Waals surface area contributed by atoms with Crippen LogP contribution < -0.4 is 10.1 Å². The van der Waals surface area contributed by atoms with E-state index >= 15 is 0 Å². The zero-order chi connectivity index (χ0) is 13.2. The van der Waals surface area contributed by atoms with Crippen molar-refractivity contribution in [2.45, 2.75) is 23.4 Å². The van der Waals surface area contributed by atoms with Crippen LogP contribution in [0, 0.1) is 6.92 Å². The van der Waals surface area contributed by atoms with Gasteiger partial charge in [-0.05, 0) is 20.0 Å². The van der Waals surface area contributed by atoms with Crippen LogP contribution in [0.2, 0.25) is 0 Å². The first-order chi connectivity index (χ1) is 9.28. The Morgan fingerprint density at radius 3 is 3.00 bits per heavy atom. The van der Waals surface area contributed by atoms with Gasteiger partial charge in [0.25, 0.3) is 0 Å². The first kappa shape index (κ1) is 12.5. The second-order valence-corrected chi connectivity index (χ2v) is 5.68. The smallest absolute Gasteiger partial charge is 0.208 e. The molecule has 100 valence electrons. The molecular weight excluding hydrogens is 260 g/mol. The molecule has 0 saturated carbocycles. The highest BCUT2D eigenvalue weighted by Crippen LogP contribution is 2.38. The molecular formula is C13H16N4OS. The monoisotopic (exact) mass is 276 g/mol. The molecule has 5 nitrogen and oxygen atoms in total. The highest BCUT2D eigenvalue weighted by molar-refractivity contribution is 7.99. The number of aromatic amines is 1. The average Bonchev–Trinajstić information content (AvgIpc) is 2.84. The fraction of sp³-hybridized carbons (Fsp3) is 0.385. The predicted molar refractivity (Wildman–Crippen MR) is 74.5 cm³/mol. The lowest BCUT2D eigenvalue weighted by atomic mass is 10.0. The molecule has 19 heavy (non-hydrogen) atoms. The molecule has 1 aromatic heterocycles. The lowest BCUT2D eigenvalue weighted by molar-refractivity contribution is 0.264. The van der Waals surface area contributed by atoms with Crippen LogP contribution in [0.4, 0.5) is 0 Å². The summed E-state index contributed by atoms with van der Waals surface area (Å²) in [6, 6.07) is 8.40. The highest BCUT2D eigenvalue weighted by atomic mass is 32.2. The number of nitrogens with zero attached hydrogens (tertiary/aromatic N) is 2. The maximum atomic E-state index is 5.82. The molecule has 2 N–H and O–H groups in total. The molecule has 2 heterocycles. The van der Waals surface area contributed by atoms with Gasteiger partial charge in [0.1, 0.15) is 18.2 Å². The number of ether oxygens (including phenoxy) is 1. The SMILES string of the molecule is CNC1c2ccccc2OCC1Sc1n[nH]c(C)n1. The Kier molecular flexibility index (Phi) is 3.44. The van der Waals surface area contributed by atoms with Gasteiger partial charge in [-0.1, -0.05) is 30.0 Å². The molecule has 0 spiro atoms. The molecule has 0 saturated heterocycles. The molecule has 0 fully saturated rings. The van der Waals surface area contributed by atoms with E-state index in [2.05, 4.69) is 26.6 Å². The fourth-order valence-electron chi connectivity index (χ4n) is 2.29. The molecule has 2 unspecified atom stereocenters. The third-order valence-corrected chi connectivity index (χ3v) is 4.28. The van der Waals surface area contributed by atoms with Crippen LogP contribution in [0.1, 0.15) is 17.4 Å². The molecule has 0 radical (unpaired) electrons. The van der Waals surface area contributed by atoms with Crippen molar-refractivity contribution >= 4 is 11.8 Å². The number of rotatable bonds is 3. The average molecular weight is 276 g/mol. The van der Waals surface area contributed by atoms with Crippen LogP contribution in [0.25, 0.3) is 0 Å². The largest absolute Gasteiger partial charge is 0.492 e. The third kappa shape index (κ3) is 2.46. The number of hydrogen-bond acceptors (Lipinski definition) is 5. The van der Waals surface area contributed by atoms with Crippen LogP contribution in [0.5, 0.6) is 5.75 Å². The quantitative estimate of drug-likeness (QED) is 0.897. The number of aromatic nitrogens is 3. The van der Waals surface area contributed by atoms with Crippen molar-refractivity contribution < 1.29 is 4.74 Å². The van der Waals surface area contributed by atoms with E-state index in [1.54, 1.807) is 11.8 Å². The van der Waals surface area contributed by atoms with Gasteiger partial charge in [-0.2, -0.15) is 0 Å². The standard InChI is InChI=1S/C13H16N4OS/c1-8-15-13(17-16-8)19-11-7-18-10-6-4-3-5-9(10)12(11)14-2/h3-6,11-12,14H,7H2,1-2H3,(H,15,16,17). The van der Waals surface area contributed by atoms with Crippen molar-refractivity contribution in [2.75, 3.05) is 13.7 Å². The first-order valence-electron chi connectivity index (χ1n) is 6.22. The molecule has 3 rings (SSSR count). The van der Waals surface area contributed by atoms with Gasteiger partial charge >= 0.3 is 0 Å². The summed E-state index contributed by atoms with van der Waals surface area (Å²) >= 11 is 1.64. The summed E-state index contributed by atoms with van der Waals surface area (Å²) in [7, 11) is 1.98. The molecule has 0 aliphatic carbocycles. The van der Waals surface area contributed by atoms with E-state index in [1.807, 2.05) is 32.2 Å². The number of thioether (sulfide) groups is 1. The van der Waals surface area contributed by atoms with E-state index in [-0.39, 0.29) is 11.3 Å². The molecule has 1 aliphatic rings. The molecule has 0 amide bonds. The number of aryl methyl sites for hydroxylation is 1. The minimum atomic E-state index is 0.244. The van der Waals surface area contributed by atoms with Gasteiger partial charge in [0.05, 0.1) is 11.3 Å². The zero-order valence-electron chi connectivity index (χ0n) is 10.9. The molecule has 2 aromatic rings. The maximum absolute atomic E-state index is 5.82. The minimum Gasteiger partial charge on any atom is -0.492 e. The summed E-state index contributed by atoms with van der Waals surface area (Å²) in [5.41, 5.74) is 1.20. The van der Waals surface area contributed by atoms with Gasteiger partial charge in [-0.3, -0.25) is 5.10 Å². The van der Waals surface area contributed by atoms with Crippen LogP contribution in [0.3, 0.4) is 0 Å². The Morgan fingerprint density at radius 2 is 2.26 bits per heavy atom. The Hall–Kier alpha value is -1.53. The normalized spacial score (nSPS) is 21.8. The van der Waals surface area contributed by atoms with Crippen molar-refractivity contribution in [1.29, 1.82) is 0 Å². The molecule has 2 atom stereocenters. The Balaban J connectivity index is 1.84. The number of fused-ring (bicyclic) bond motifs is 1. The molecule has 0 bridgehead atoms. The predicted octanol–water partition coefficient (Wildman–Crippen LogP) is 1.93. The lowest BCUT2D eigenvalue weighted by Crippen LogP contribution is -2.35. The number of hydrogen-bond donors (Lipinski definition) is 2. The highest BCUT2D eigenvalue weighted by Gasteiger charge is 2.31. The summed E-state index contributed by atoms with van der Waals surface area (Å²) < 4.78 is 5.82. The van der Waals surface area contributed by atoms with Crippen molar-refractivity contribution in [2.24, 2.45) is 0 Å². The van der Waals surface area contributed by atoms with E-state index in [0.29, 0.717) is 6.61 Å². The van der Waals surface area contributed by atoms with Crippen molar-refractivity contribution in [1.82, 2.24) is 20.5 Å². The van der Waals surface area contributed by atoms with E-state index in [9.17, 15) is 0 Å². The van der Waals surface area contributed by atoms with E-state index in [1.165, 1.54) is 5.56 Å². The van der Waals surface area contributed by atoms with Gasteiger partial charge in [0, 0.05) is 5.56 Å². The van der Waals surface area contributed by atoms with E-state index in [0.717, 1.165) is 16.7 Å². The Bertz CT molecular complexity index is 571. The van der Waals surface area contributed by atoms with E-state index < -0.39 is 0 Å². The van der Waals surface area contributed by atoms with Crippen LogP contribution in [0.15, 0.2) is 29.4 Å². The third-order valence-electron chi connectivity index (χ3n) is 3.17. The van der Waals surface area contributed by atoms with Crippen molar-refractivity contribution in [3.05, 3.63) is 35.7 Å².